The molecule has 3 aromatic rings. The van der Waals surface area contributed by atoms with E-state index in [1.807, 2.05) is 34.9 Å². The van der Waals surface area contributed by atoms with Crippen LogP contribution in [0.3, 0.4) is 0 Å². The average molecular weight is 476 g/mol. The summed E-state index contributed by atoms with van der Waals surface area (Å²) in [6.45, 7) is 2.70. The minimum atomic E-state index is -4.47. The second-order valence-corrected chi connectivity index (χ2v) is 8.76. The van der Waals surface area contributed by atoms with Crippen LogP contribution in [0.1, 0.15) is 30.7 Å². The van der Waals surface area contributed by atoms with Crippen molar-refractivity contribution in [2.75, 3.05) is 24.2 Å². The number of piperidine rings is 1. The molecule has 0 saturated carbocycles. The van der Waals surface area contributed by atoms with E-state index >= 15 is 0 Å². The van der Waals surface area contributed by atoms with E-state index in [0.717, 1.165) is 49.6 Å². The van der Waals surface area contributed by atoms with Crippen molar-refractivity contribution in [1.82, 2.24) is 19.7 Å². The van der Waals surface area contributed by atoms with Gasteiger partial charge >= 0.3 is 6.18 Å². The van der Waals surface area contributed by atoms with Crippen molar-refractivity contribution in [2.24, 2.45) is 0 Å². The lowest BCUT2D eigenvalue weighted by atomic mass is 10.1. The van der Waals surface area contributed by atoms with Crippen LogP contribution >= 0.6 is 11.8 Å². The first kappa shape index (κ1) is 23.3. The summed E-state index contributed by atoms with van der Waals surface area (Å²) in [4.78, 5) is 14.8. The third-order valence-corrected chi connectivity index (χ3v) is 6.26. The number of aromatic nitrogens is 3. The van der Waals surface area contributed by atoms with Gasteiger partial charge in [-0.25, -0.2) is 0 Å². The fourth-order valence-electron chi connectivity index (χ4n) is 3.75. The van der Waals surface area contributed by atoms with E-state index in [2.05, 4.69) is 20.4 Å². The maximum Gasteiger partial charge on any atom is 0.416 e. The van der Waals surface area contributed by atoms with Gasteiger partial charge in [0, 0.05) is 11.4 Å². The topological polar surface area (TPSA) is 63.1 Å². The molecule has 0 aliphatic carbocycles. The molecule has 0 bridgehead atoms. The van der Waals surface area contributed by atoms with E-state index in [-0.39, 0.29) is 11.4 Å². The summed E-state index contributed by atoms with van der Waals surface area (Å²) in [5.74, 6) is 0.369. The number of carbonyl (C=O) groups is 1. The number of nitrogens with zero attached hydrogens (tertiary/aromatic N) is 4. The maximum atomic E-state index is 12.9. The van der Waals surface area contributed by atoms with E-state index in [1.165, 1.54) is 30.3 Å². The molecule has 0 spiro atoms. The molecular weight excluding hydrogens is 451 g/mol. The number of anilines is 1. The molecule has 1 saturated heterocycles. The van der Waals surface area contributed by atoms with Gasteiger partial charge in [0.25, 0.3) is 0 Å². The smallest absolute Gasteiger partial charge is 0.325 e. The number of hydrogen-bond donors (Lipinski definition) is 1. The van der Waals surface area contributed by atoms with Crippen molar-refractivity contribution in [3.8, 4) is 5.69 Å². The van der Waals surface area contributed by atoms with Crippen molar-refractivity contribution < 1.29 is 18.0 Å². The normalized spacial score (nSPS) is 14.9. The molecule has 1 aromatic heterocycles. The summed E-state index contributed by atoms with van der Waals surface area (Å²) in [6, 6.07) is 14.3. The molecule has 10 heteroatoms. The zero-order valence-electron chi connectivity index (χ0n) is 17.9. The third-order valence-electron chi connectivity index (χ3n) is 5.33. The van der Waals surface area contributed by atoms with E-state index in [0.29, 0.717) is 11.7 Å². The SMILES string of the molecule is O=C(CSc1nnc(CN2CCCCC2)n1-c1ccccc1)Nc1cccc(C(F)(F)F)c1. The predicted molar refractivity (Wildman–Crippen MR) is 121 cm³/mol. The highest BCUT2D eigenvalue weighted by Crippen LogP contribution is 2.31. The highest BCUT2D eigenvalue weighted by molar-refractivity contribution is 7.99. The maximum absolute atomic E-state index is 12.9. The van der Waals surface area contributed by atoms with Crippen LogP contribution in [0.5, 0.6) is 0 Å². The lowest BCUT2D eigenvalue weighted by molar-refractivity contribution is -0.137. The van der Waals surface area contributed by atoms with Gasteiger partial charge in [0.2, 0.25) is 5.91 Å². The van der Waals surface area contributed by atoms with Gasteiger partial charge < -0.3 is 5.32 Å². The van der Waals surface area contributed by atoms with Gasteiger partial charge in [-0.15, -0.1) is 10.2 Å². The fraction of sp³-hybridized carbons (Fsp3) is 0.348. The van der Waals surface area contributed by atoms with Gasteiger partial charge in [0.15, 0.2) is 11.0 Å². The molecule has 1 amide bonds. The van der Waals surface area contributed by atoms with Crippen LogP contribution in [0.2, 0.25) is 0 Å². The molecule has 174 valence electrons. The molecule has 0 atom stereocenters. The number of thioether (sulfide) groups is 1. The molecule has 1 aliphatic rings. The molecule has 2 aromatic carbocycles. The van der Waals surface area contributed by atoms with Gasteiger partial charge in [0.1, 0.15) is 0 Å². The first-order valence-corrected chi connectivity index (χ1v) is 11.7. The molecule has 33 heavy (non-hydrogen) atoms. The summed E-state index contributed by atoms with van der Waals surface area (Å²) < 4.78 is 40.7. The first-order valence-electron chi connectivity index (χ1n) is 10.7. The average Bonchev–Trinajstić information content (AvgIpc) is 3.21. The summed E-state index contributed by atoms with van der Waals surface area (Å²) in [5, 5.41) is 11.8. The van der Waals surface area contributed by atoms with Crippen molar-refractivity contribution >= 4 is 23.4 Å². The van der Waals surface area contributed by atoms with E-state index < -0.39 is 17.6 Å². The molecule has 2 heterocycles. The summed E-state index contributed by atoms with van der Waals surface area (Å²) in [7, 11) is 0. The number of nitrogens with one attached hydrogen (secondary N) is 1. The van der Waals surface area contributed by atoms with Crippen LogP contribution in [-0.2, 0) is 17.5 Å². The second kappa shape index (κ2) is 10.4. The van der Waals surface area contributed by atoms with Crippen LogP contribution in [0.4, 0.5) is 18.9 Å². The first-order chi connectivity index (χ1) is 15.9. The largest absolute Gasteiger partial charge is 0.416 e. The van der Waals surface area contributed by atoms with Crippen LogP contribution < -0.4 is 5.32 Å². The Morgan fingerprint density at radius 1 is 1.00 bits per heavy atom. The molecule has 1 N–H and O–H groups in total. The van der Waals surface area contributed by atoms with Crippen molar-refractivity contribution in [2.45, 2.75) is 37.1 Å². The zero-order chi connectivity index (χ0) is 23.3. The van der Waals surface area contributed by atoms with Gasteiger partial charge in [-0.05, 0) is 56.3 Å². The number of amides is 1. The number of hydrogen-bond acceptors (Lipinski definition) is 5. The van der Waals surface area contributed by atoms with Crippen LogP contribution in [0.15, 0.2) is 59.8 Å². The van der Waals surface area contributed by atoms with E-state index in [1.54, 1.807) is 0 Å². The van der Waals surface area contributed by atoms with Crippen molar-refractivity contribution in [3.63, 3.8) is 0 Å². The number of rotatable bonds is 7. The highest BCUT2D eigenvalue weighted by Gasteiger charge is 2.30. The fourth-order valence-corrected chi connectivity index (χ4v) is 4.52. The van der Waals surface area contributed by atoms with Crippen molar-refractivity contribution in [3.05, 3.63) is 66.0 Å². The Hall–Kier alpha value is -2.85. The van der Waals surface area contributed by atoms with Gasteiger partial charge in [-0.2, -0.15) is 13.2 Å². The molecule has 0 unspecified atom stereocenters. The Labute approximate surface area is 194 Å². The molecule has 4 rings (SSSR count). The van der Waals surface area contributed by atoms with E-state index in [9.17, 15) is 18.0 Å². The third kappa shape index (κ3) is 6.14. The predicted octanol–water partition coefficient (Wildman–Crippen LogP) is 5.00. The summed E-state index contributed by atoms with van der Waals surface area (Å²) in [6.07, 6.45) is -0.899. The lowest BCUT2D eigenvalue weighted by Gasteiger charge is -2.26. The molecule has 6 nitrogen and oxygen atoms in total. The lowest BCUT2D eigenvalue weighted by Crippen LogP contribution is -2.30. The van der Waals surface area contributed by atoms with Gasteiger partial charge in [0.05, 0.1) is 17.9 Å². The molecule has 1 aliphatic heterocycles. The van der Waals surface area contributed by atoms with Crippen LogP contribution in [0.25, 0.3) is 5.69 Å². The number of alkyl halides is 3. The Morgan fingerprint density at radius 2 is 1.76 bits per heavy atom. The Bertz CT molecular complexity index is 1080. The zero-order valence-corrected chi connectivity index (χ0v) is 18.7. The number of likely N-dealkylation sites (tertiary alicyclic amines) is 1. The highest BCUT2D eigenvalue weighted by atomic mass is 32.2. The summed E-state index contributed by atoms with van der Waals surface area (Å²) in [5.41, 5.74) is 0.195. The van der Waals surface area contributed by atoms with Crippen LogP contribution in [-0.4, -0.2) is 44.4 Å². The Kier molecular flexibility index (Phi) is 7.34. The minimum absolute atomic E-state index is 0.00900. The monoisotopic (exact) mass is 475 g/mol. The standard InChI is InChI=1S/C23H24F3N5OS/c24-23(25,26)17-8-7-9-18(14-17)27-21(32)16-33-22-29-28-20(15-30-12-5-2-6-13-30)31(22)19-10-3-1-4-11-19/h1,3-4,7-11,14H,2,5-6,12-13,15-16H2,(H,27,32). The molecule has 0 radical (unpaired) electrons. The second-order valence-electron chi connectivity index (χ2n) is 7.82. The van der Waals surface area contributed by atoms with Crippen molar-refractivity contribution in [1.29, 1.82) is 0 Å². The summed E-state index contributed by atoms with van der Waals surface area (Å²) >= 11 is 1.20. The quantitative estimate of drug-likeness (QED) is 0.487. The number of carbonyl (C=O) groups excluding carboxylic acids is 1. The van der Waals surface area contributed by atoms with Crippen LogP contribution in [0, 0.1) is 0 Å². The molecule has 1 fully saturated rings. The number of para-hydroxylation sites is 1. The number of halogens is 3. The minimum Gasteiger partial charge on any atom is -0.325 e. The van der Waals surface area contributed by atoms with E-state index in [4.69, 9.17) is 0 Å². The molecular formula is C23H24F3N5OS. The Morgan fingerprint density at radius 3 is 2.48 bits per heavy atom. The van der Waals surface area contributed by atoms with Gasteiger partial charge in [-0.3, -0.25) is 14.3 Å². The van der Waals surface area contributed by atoms with Gasteiger partial charge in [-0.1, -0.05) is 42.4 Å². The number of benzene rings is 2. The Balaban J connectivity index is 1.47.